The van der Waals surface area contributed by atoms with Gasteiger partial charge in [0.1, 0.15) is 5.82 Å². The van der Waals surface area contributed by atoms with Gasteiger partial charge in [-0.25, -0.2) is 12.8 Å². The molecule has 0 aliphatic carbocycles. The molecule has 0 aliphatic heterocycles. The Labute approximate surface area is 200 Å². The first-order valence-corrected chi connectivity index (χ1v) is 12.3. The van der Waals surface area contributed by atoms with E-state index in [0.717, 1.165) is 14.3 Å². The number of nitrogens with zero attached hydrogens (tertiary/aromatic N) is 1. The van der Waals surface area contributed by atoms with E-state index in [4.69, 9.17) is 11.6 Å². The average molecular weight is 540 g/mol. The van der Waals surface area contributed by atoms with E-state index in [1.807, 2.05) is 24.3 Å². The second-order valence-corrected chi connectivity index (χ2v) is 10.4. The Balaban J connectivity index is 1.84. The SMILES string of the molecule is C[C@H](NC(=O)CN(Cc1ccccc1F)S(=O)(=O)c1ccc(Cl)cc1)c1ccc(Br)cc1. The first-order chi connectivity index (χ1) is 15.2. The molecule has 0 radical (unpaired) electrons. The highest BCUT2D eigenvalue weighted by Gasteiger charge is 2.28. The zero-order valence-electron chi connectivity index (χ0n) is 17.1. The Morgan fingerprint density at radius 2 is 1.69 bits per heavy atom. The van der Waals surface area contributed by atoms with E-state index in [0.29, 0.717) is 5.02 Å². The Kier molecular flexibility index (Phi) is 8.05. The van der Waals surface area contributed by atoms with Crippen LogP contribution < -0.4 is 5.32 Å². The molecule has 1 amide bonds. The smallest absolute Gasteiger partial charge is 0.243 e. The topological polar surface area (TPSA) is 66.5 Å². The molecule has 1 N–H and O–H groups in total. The van der Waals surface area contributed by atoms with E-state index in [-0.39, 0.29) is 23.0 Å². The van der Waals surface area contributed by atoms with Gasteiger partial charge in [-0.2, -0.15) is 4.31 Å². The van der Waals surface area contributed by atoms with Crippen LogP contribution in [-0.2, 0) is 21.4 Å². The minimum absolute atomic E-state index is 0.0352. The van der Waals surface area contributed by atoms with Gasteiger partial charge in [-0.1, -0.05) is 57.9 Å². The summed E-state index contributed by atoms with van der Waals surface area (Å²) in [5, 5.41) is 3.18. The van der Waals surface area contributed by atoms with Crippen molar-refractivity contribution >= 4 is 43.5 Å². The molecular formula is C23H21BrClFN2O3S. The monoisotopic (exact) mass is 538 g/mol. The molecule has 0 bridgehead atoms. The molecule has 5 nitrogen and oxygen atoms in total. The van der Waals surface area contributed by atoms with Crippen LogP contribution in [-0.4, -0.2) is 25.2 Å². The highest BCUT2D eigenvalue weighted by Crippen LogP contribution is 2.22. The highest BCUT2D eigenvalue weighted by molar-refractivity contribution is 9.10. The van der Waals surface area contributed by atoms with Crippen molar-refractivity contribution in [3.05, 3.63) is 99.2 Å². The van der Waals surface area contributed by atoms with Crippen molar-refractivity contribution in [2.24, 2.45) is 0 Å². The number of carbonyl (C=O) groups excluding carboxylic acids is 1. The van der Waals surface area contributed by atoms with Crippen LogP contribution in [0.2, 0.25) is 5.02 Å². The second kappa shape index (κ2) is 10.6. The summed E-state index contributed by atoms with van der Waals surface area (Å²) in [5.41, 5.74) is 1.03. The van der Waals surface area contributed by atoms with E-state index in [9.17, 15) is 17.6 Å². The van der Waals surface area contributed by atoms with Crippen molar-refractivity contribution in [1.29, 1.82) is 0 Å². The fraction of sp³-hybridized carbons (Fsp3) is 0.174. The van der Waals surface area contributed by atoms with Crippen molar-refractivity contribution in [3.63, 3.8) is 0 Å². The van der Waals surface area contributed by atoms with Crippen LogP contribution in [0.15, 0.2) is 82.2 Å². The van der Waals surface area contributed by atoms with Gasteiger partial charge in [0.15, 0.2) is 0 Å². The number of nitrogens with one attached hydrogen (secondary N) is 1. The molecule has 0 heterocycles. The number of amides is 1. The van der Waals surface area contributed by atoms with Gasteiger partial charge in [0.05, 0.1) is 17.5 Å². The number of sulfonamides is 1. The maximum atomic E-state index is 14.3. The van der Waals surface area contributed by atoms with Gasteiger partial charge in [0.25, 0.3) is 0 Å². The van der Waals surface area contributed by atoms with E-state index < -0.39 is 28.3 Å². The summed E-state index contributed by atoms with van der Waals surface area (Å²) < 4.78 is 42.6. The number of hydrogen-bond donors (Lipinski definition) is 1. The molecule has 32 heavy (non-hydrogen) atoms. The van der Waals surface area contributed by atoms with Gasteiger partial charge in [-0.05, 0) is 55.0 Å². The van der Waals surface area contributed by atoms with Crippen molar-refractivity contribution in [2.45, 2.75) is 24.4 Å². The first-order valence-electron chi connectivity index (χ1n) is 9.71. The lowest BCUT2D eigenvalue weighted by atomic mass is 10.1. The number of halogens is 3. The molecule has 0 aromatic heterocycles. The van der Waals surface area contributed by atoms with Gasteiger partial charge in [-0.3, -0.25) is 4.79 Å². The Morgan fingerprint density at radius 1 is 1.06 bits per heavy atom. The normalized spacial score (nSPS) is 12.5. The van der Waals surface area contributed by atoms with E-state index in [1.165, 1.54) is 42.5 Å². The van der Waals surface area contributed by atoms with Crippen molar-refractivity contribution in [3.8, 4) is 0 Å². The minimum atomic E-state index is -4.09. The molecule has 0 saturated carbocycles. The van der Waals surface area contributed by atoms with E-state index in [2.05, 4.69) is 21.2 Å². The Hall–Kier alpha value is -2.26. The summed E-state index contributed by atoms with van der Waals surface area (Å²) >= 11 is 9.24. The largest absolute Gasteiger partial charge is 0.348 e. The summed E-state index contributed by atoms with van der Waals surface area (Å²) in [6, 6.07) is 18.6. The third-order valence-electron chi connectivity index (χ3n) is 4.82. The summed E-state index contributed by atoms with van der Waals surface area (Å²) in [7, 11) is -4.09. The quantitative estimate of drug-likeness (QED) is 0.422. The minimum Gasteiger partial charge on any atom is -0.348 e. The van der Waals surface area contributed by atoms with E-state index in [1.54, 1.807) is 13.0 Å². The first kappa shape index (κ1) is 24.4. The molecule has 3 rings (SSSR count). The zero-order chi connectivity index (χ0) is 23.3. The van der Waals surface area contributed by atoms with Crippen LogP contribution in [0.5, 0.6) is 0 Å². The maximum Gasteiger partial charge on any atom is 0.243 e. The lowest BCUT2D eigenvalue weighted by Crippen LogP contribution is -2.41. The van der Waals surface area contributed by atoms with Crippen molar-refractivity contribution in [1.82, 2.24) is 9.62 Å². The Morgan fingerprint density at radius 3 is 2.31 bits per heavy atom. The number of hydrogen-bond acceptors (Lipinski definition) is 3. The third kappa shape index (κ3) is 6.16. The standard InChI is InChI=1S/C23H21BrClFN2O3S/c1-16(17-6-8-19(24)9-7-17)27-23(29)15-28(14-18-4-2-3-5-22(18)26)32(30,31)21-12-10-20(25)11-13-21/h2-13,16H,14-15H2,1H3,(H,27,29)/t16-/m0/s1. The summed E-state index contributed by atoms with van der Waals surface area (Å²) in [4.78, 5) is 12.7. The molecular weight excluding hydrogens is 519 g/mol. The molecule has 0 spiro atoms. The molecule has 1 atom stereocenters. The summed E-state index contributed by atoms with van der Waals surface area (Å²) in [6.07, 6.45) is 0. The molecule has 0 saturated heterocycles. The Bertz CT molecular complexity index is 1190. The molecule has 0 fully saturated rings. The predicted molar refractivity (Wildman–Crippen MR) is 126 cm³/mol. The molecule has 0 unspecified atom stereocenters. The van der Waals surface area contributed by atoms with Crippen LogP contribution in [0.1, 0.15) is 24.1 Å². The predicted octanol–water partition coefficient (Wildman–Crippen LogP) is 5.31. The number of benzene rings is 3. The van der Waals surface area contributed by atoms with Crippen LogP contribution in [0, 0.1) is 5.82 Å². The van der Waals surface area contributed by atoms with Gasteiger partial charge >= 0.3 is 0 Å². The summed E-state index contributed by atoms with van der Waals surface area (Å²) in [5.74, 6) is -1.05. The molecule has 3 aromatic rings. The zero-order valence-corrected chi connectivity index (χ0v) is 20.3. The number of rotatable bonds is 8. The van der Waals surface area contributed by atoms with Gasteiger partial charge < -0.3 is 5.32 Å². The van der Waals surface area contributed by atoms with Gasteiger partial charge in [0, 0.05) is 21.6 Å². The molecule has 3 aromatic carbocycles. The lowest BCUT2D eigenvalue weighted by molar-refractivity contribution is -0.122. The van der Waals surface area contributed by atoms with Gasteiger partial charge in [0.2, 0.25) is 15.9 Å². The fourth-order valence-electron chi connectivity index (χ4n) is 3.08. The van der Waals surface area contributed by atoms with Gasteiger partial charge in [-0.15, -0.1) is 0 Å². The van der Waals surface area contributed by atoms with Crippen LogP contribution in [0.25, 0.3) is 0 Å². The molecule has 168 valence electrons. The van der Waals surface area contributed by atoms with Crippen molar-refractivity contribution < 1.29 is 17.6 Å². The van der Waals surface area contributed by atoms with Crippen molar-refractivity contribution in [2.75, 3.05) is 6.54 Å². The second-order valence-electron chi connectivity index (χ2n) is 7.16. The third-order valence-corrected chi connectivity index (χ3v) is 7.41. The maximum absolute atomic E-state index is 14.3. The summed E-state index contributed by atoms with van der Waals surface area (Å²) in [6.45, 7) is 1.04. The molecule has 9 heteroatoms. The fourth-order valence-corrected chi connectivity index (χ4v) is 4.84. The van der Waals surface area contributed by atoms with Crippen LogP contribution in [0.4, 0.5) is 4.39 Å². The van der Waals surface area contributed by atoms with Crippen LogP contribution >= 0.6 is 27.5 Å². The lowest BCUT2D eigenvalue weighted by Gasteiger charge is -2.23. The van der Waals surface area contributed by atoms with E-state index >= 15 is 0 Å². The van der Waals surface area contributed by atoms with Crippen LogP contribution in [0.3, 0.4) is 0 Å². The average Bonchev–Trinajstić information content (AvgIpc) is 2.75. The molecule has 0 aliphatic rings. The number of carbonyl (C=O) groups is 1. The highest BCUT2D eigenvalue weighted by atomic mass is 79.9.